The van der Waals surface area contributed by atoms with E-state index in [1.54, 1.807) is 18.2 Å². The number of anilines is 2. The molecule has 222 valence electrons. The second-order valence-corrected chi connectivity index (χ2v) is 12.0. The third kappa shape index (κ3) is 6.82. The smallest absolute Gasteiger partial charge is 0.366 e. The molecule has 43 heavy (non-hydrogen) atoms. The van der Waals surface area contributed by atoms with Gasteiger partial charge in [0.15, 0.2) is 0 Å². The van der Waals surface area contributed by atoms with Crippen molar-refractivity contribution in [1.29, 1.82) is 0 Å². The Kier molecular flexibility index (Phi) is 8.09. The first-order valence-corrected chi connectivity index (χ1v) is 15.1. The standard InChI is InChI=1S/C32H31F3N6OS/c1-20-3-4-22(15-21(20)5-6-24-18-43-29-28(24)36-19-37-30(29)38-25-9-10-25)31(42)39-26-8-7-23(27(16-26)32(33,34)35)17-41-13-11-40(2)12-14-41/h3-4,7-8,15-16,18-19,25H,9-14,17H2,1-2H3,(H,39,42)(H,36,37,38). The van der Waals surface area contributed by atoms with E-state index in [1.807, 2.05) is 24.3 Å². The van der Waals surface area contributed by atoms with E-state index in [1.165, 1.54) is 29.8 Å². The summed E-state index contributed by atoms with van der Waals surface area (Å²) < 4.78 is 43.0. The van der Waals surface area contributed by atoms with Crippen LogP contribution in [0, 0.1) is 18.8 Å². The van der Waals surface area contributed by atoms with Crippen LogP contribution in [0.25, 0.3) is 10.2 Å². The minimum atomic E-state index is -4.54. The van der Waals surface area contributed by atoms with Gasteiger partial charge in [0.25, 0.3) is 5.91 Å². The van der Waals surface area contributed by atoms with E-state index in [2.05, 4.69) is 37.3 Å². The van der Waals surface area contributed by atoms with Crippen LogP contribution in [0.15, 0.2) is 48.1 Å². The third-order valence-corrected chi connectivity index (χ3v) is 8.74. The van der Waals surface area contributed by atoms with Gasteiger partial charge in [0.05, 0.1) is 15.8 Å². The molecule has 6 rings (SSSR count). The van der Waals surface area contributed by atoms with Gasteiger partial charge < -0.3 is 15.5 Å². The lowest BCUT2D eigenvalue weighted by Crippen LogP contribution is -2.44. The Labute approximate surface area is 252 Å². The van der Waals surface area contributed by atoms with E-state index >= 15 is 0 Å². The predicted octanol–water partition coefficient (Wildman–Crippen LogP) is 5.99. The van der Waals surface area contributed by atoms with Crippen molar-refractivity contribution >= 4 is 39.0 Å². The second-order valence-electron chi connectivity index (χ2n) is 11.2. The van der Waals surface area contributed by atoms with Crippen molar-refractivity contribution in [1.82, 2.24) is 19.8 Å². The van der Waals surface area contributed by atoms with Gasteiger partial charge >= 0.3 is 6.18 Å². The molecular weight excluding hydrogens is 573 g/mol. The first-order valence-electron chi connectivity index (χ1n) is 14.2. The average Bonchev–Trinajstić information content (AvgIpc) is 3.70. The Morgan fingerprint density at radius 3 is 2.56 bits per heavy atom. The Morgan fingerprint density at radius 1 is 1.05 bits per heavy atom. The maximum atomic E-state index is 14.0. The van der Waals surface area contributed by atoms with Gasteiger partial charge in [-0.15, -0.1) is 11.3 Å². The van der Waals surface area contributed by atoms with Gasteiger partial charge in [-0.05, 0) is 62.2 Å². The zero-order chi connectivity index (χ0) is 30.1. The largest absolute Gasteiger partial charge is 0.416 e. The van der Waals surface area contributed by atoms with E-state index in [-0.39, 0.29) is 17.8 Å². The number of aryl methyl sites for hydroxylation is 1. The van der Waals surface area contributed by atoms with E-state index < -0.39 is 17.6 Å². The molecule has 1 saturated heterocycles. The van der Waals surface area contributed by atoms with E-state index in [4.69, 9.17) is 0 Å². The van der Waals surface area contributed by atoms with Crippen molar-refractivity contribution in [2.24, 2.45) is 0 Å². The Balaban J connectivity index is 1.20. The van der Waals surface area contributed by atoms with Crippen molar-refractivity contribution in [2.45, 2.75) is 38.5 Å². The molecule has 11 heteroatoms. The Morgan fingerprint density at radius 2 is 1.81 bits per heavy atom. The summed E-state index contributed by atoms with van der Waals surface area (Å²) in [7, 11) is 2.00. The average molecular weight is 605 g/mol. The zero-order valence-electron chi connectivity index (χ0n) is 23.9. The van der Waals surface area contributed by atoms with Crippen LogP contribution < -0.4 is 10.6 Å². The number of benzene rings is 2. The molecule has 2 aromatic heterocycles. The van der Waals surface area contributed by atoms with Gasteiger partial charge in [-0.25, -0.2) is 9.97 Å². The number of nitrogens with zero attached hydrogens (tertiary/aromatic N) is 4. The number of carbonyl (C=O) groups is 1. The lowest BCUT2D eigenvalue weighted by Gasteiger charge is -2.33. The number of rotatable bonds is 6. The fraction of sp³-hybridized carbons (Fsp3) is 0.344. The Hall–Kier alpha value is -3.98. The molecule has 1 amide bonds. The van der Waals surface area contributed by atoms with Crippen molar-refractivity contribution < 1.29 is 18.0 Å². The van der Waals surface area contributed by atoms with E-state index in [0.717, 1.165) is 59.2 Å². The Bertz CT molecular complexity index is 1730. The van der Waals surface area contributed by atoms with Gasteiger partial charge in [-0.2, -0.15) is 13.2 Å². The summed E-state index contributed by atoms with van der Waals surface area (Å²) >= 11 is 1.53. The molecule has 1 saturated carbocycles. The number of aromatic nitrogens is 2. The van der Waals surface area contributed by atoms with Crippen LogP contribution >= 0.6 is 11.3 Å². The van der Waals surface area contributed by atoms with E-state index in [0.29, 0.717) is 30.3 Å². The van der Waals surface area contributed by atoms with Crippen LogP contribution in [0.5, 0.6) is 0 Å². The molecule has 4 aromatic rings. The fourth-order valence-electron chi connectivity index (χ4n) is 5.00. The van der Waals surface area contributed by atoms with Gasteiger partial charge in [-0.1, -0.05) is 24.0 Å². The highest BCUT2D eigenvalue weighted by atomic mass is 32.1. The lowest BCUT2D eigenvalue weighted by molar-refractivity contribution is -0.138. The summed E-state index contributed by atoms with van der Waals surface area (Å²) in [6.07, 6.45) is -0.734. The number of fused-ring (bicyclic) bond motifs is 1. The number of thiophene rings is 1. The molecule has 0 unspecified atom stereocenters. The maximum Gasteiger partial charge on any atom is 0.416 e. The highest BCUT2D eigenvalue weighted by Crippen LogP contribution is 2.35. The molecule has 0 atom stereocenters. The molecule has 2 fully saturated rings. The number of amides is 1. The molecule has 2 aliphatic rings. The minimum absolute atomic E-state index is 0.0905. The summed E-state index contributed by atoms with van der Waals surface area (Å²) in [5, 5.41) is 8.02. The van der Waals surface area contributed by atoms with Gasteiger partial charge in [-0.3, -0.25) is 9.69 Å². The van der Waals surface area contributed by atoms with Crippen LogP contribution in [0.2, 0.25) is 0 Å². The zero-order valence-corrected chi connectivity index (χ0v) is 24.7. The van der Waals surface area contributed by atoms with Crippen molar-refractivity contribution in [2.75, 3.05) is 43.9 Å². The number of halogens is 3. The number of hydrogen-bond donors (Lipinski definition) is 2. The van der Waals surface area contributed by atoms with Gasteiger partial charge in [0.2, 0.25) is 0 Å². The SMILES string of the molecule is Cc1ccc(C(=O)Nc2ccc(CN3CCN(C)CC3)c(C(F)(F)F)c2)cc1C#Cc1csc2c(NC3CC3)ncnc12. The monoisotopic (exact) mass is 604 g/mol. The van der Waals surface area contributed by atoms with Crippen molar-refractivity contribution in [3.8, 4) is 11.8 Å². The predicted molar refractivity (Wildman–Crippen MR) is 163 cm³/mol. The highest BCUT2D eigenvalue weighted by molar-refractivity contribution is 7.18. The number of carbonyl (C=O) groups excluding carboxylic acids is 1. The van der Waals surface area contributed by atoms with Crippen molar-refractivity contribution in [3.63, 3.8) is 0 Å². The van der Waals surface area contributed by atoms with Crippen LogP contribution in [-0.2, 0) is 12.7 Å². The lowest BCUT2D eigenvalue weighted by atomic mass is 10.0. The quantitative estimate of drug-likeness (QED) is 0.264. The summed E-state index contributed by atoms with van der Waals surface area (Å²) in [5.41, 5.74) is 2.93. The molecule has 1 aliphatic carbocycles. The second kappa shape index (κ2) is 12.0. The molecule has 3 heterocycles. The molecule has 2 N–H and O–H groups in total. The first-order chi connectivity index (χ1) is 20.6. The number of piperazine rings is 1. The van der Waals surface area contributed by atoms with Crippen LogP contribution in [0.1, 0.15) is 51.0 Å². The van der Waals surface area contributed by atoms with Crippen LogP contribution in [-0.4, -0.2) is 64.9 Å². The van der Waals surface area contributed by atoms with Gasteiger partial charge in [0, 0.05) is 61.0 Å². The third-order valence-electron chi connectivity index (χ3n) is 7.77. The van der Waals surface area contributed by atoms with Crippen LogP contribution in [0.3, 0.4) is 0 Å². The number of likely N-dealkylation sites (N-methyl/N-ethyl adjacent to an activating group) is 1. The number of alkyl halides is 3. The highest BCUT2D eigenvalue weighted by Gasteiger charge is 2.34. The molecular formula is C32H31F3N6OS. The molecule has 0 spiro atoms. The van der Waals surface area contributed by atoms with Gasteiger partial charge in [0.1, 0.15) is 17.7 Å². The van der Waals surface area contributed by atoms with Crippen molar-refractivity contribution in [3.05, 3.63) is 81.5 Å². The summed E-state index contributed by atoms with van der Waals surface area (Å²) in [5.74, 6) is 6.65. The van der Waals surface area contributed by atoms with Crippen LogP contribution in [0.4, 0.5) is 24.7 Å². The molecule has 1 aliphatic heterocycles. The minimum Gasteiger partial charge on any atom is -0.366 e. The normalized spacial score (nSPS) is 16.1. The summed E-state index contributed by atoms with van der Waals surface area (Å²) in [4.78, 5) is 26.1. The summed E-state index contributed by atoms with van der Waals surface area (Å²) in [6.45, 7) is 5.15. The number of nitrogens with one attached hydrogen (secondary N) is 2. The topological polar surface area (TPSA) is 73.4 Å². The maximum absolute atomic E-state index is 14.0. The molecule has 2 aromatic carbocycles. The summed E-state index contributed by atoms with van der Waals surface area (Å²) in [6, 6.07) is 9.57. The molecule has 0 bridgehead atoms. The number of hydrogen-bond acceptors (Lipinski definition) is 7. The fourth-order valence-corrected chi connectivity index (χ4v) is 5.91. The molecule has 7 nitrogen and oxygen atoms in total. The molecule has 0 radical (unpaired) electrons. The van der Waals surface area contributed by atoms with E-state index in [9.17, 15) is 18.0 Å². The first kappa shape index (κ1) is 29.1.